The van der Waals surface area contributed by atoms with E-state index >= 15 is 0 Å². The maximum absolute atomic E-state index is 4.86. The Labute approximate surface area is 122 Å². The van der Waals surface area contributed by atoms with Gasteiger partial charge in [-0.3, -0.25) is 0 Å². The number of benzene rings is 1. The van der Waals surface area contributed by atoms with Crippen LogP contribution >= 0.6 is 0 Å². The summed E-state index contributed by atoms with van der Waals surface area (Å²) in [5.74, 6) is 1.09. The average molecular weight is 271 g/mol. The van der Waals surface area contributed by atoms with Crippen molar-refractivity contribution in [2.45, 2.75) is 39.8 Å². The molecule has 1 unspecified atom stereocenters. The van der Waals surface area contributed by atoms with Crippen LogP contribution in [-0.4, -0.2) is 24.6 Å². The van der Waals surface area contributed by atoms with Crippen molar-refractivity contribution in [3.63, 3.8) is 0 Å². The number of hydrogen-bond acceptors (Lipinski definition) is 3. The summed E-state index contributed by atoms with van der Waals surface area (Å²) < 4.78 is 0. The van der Waals surface area contributed by atoms with E-state index in [0.29, 0.717) is 6.04 Å². The second-order valence-corrected chi connectivity index (χ2v) is 5.23. The van der Waals surface area contributed by atoms with Gasteiger partial charge in [-0.15, -0.1) is 0 Å². The number of nitrogens with one attached hydrogen (secondary N) is 1. The number of para-hydroxylation sites is 1. The zero-order valence-electron chi connectivity index (χ0n) is 13.0. The van der Waals surface area contributed by atoms with Crippen LogP contribution in [0.1, 0.15) is 32.8 Å². The highest BCUT2D eigenvalue weighted by molar-refractivity contribution is 5.84. The first-order valence-electron chi connectivity index (χ1n) is 7.51. The van der Waals surface area contributed by atoms with Crippen LogP contribution in [-0.2, 0) is 6.54 Å². The van der Waals surface area contributed by atoms with E-state index in [-0.39, 0.29) is 0 Å². The topological polar surface area (TPSA) is 28.2 Å². The Kier molecular flexibility index (Phi) is 4.96. The van der Waals surface area contributed by atoms with Crippen LogP contribution in [0, 0.1) is 0 Å². The summed E-state index contributed by atoms with van der Waals surface area (Å²) in [6, 6.07) is 11.1. The van der Waals surface area contributed by atoms with Crippen molar-refractivity contribution in [1.29, 1.82) is 0 Å². The van der Waals surface area contributed by atoms with Gasteiger partial charge < -0.3 is 10.2 Å². The fourth-order valence-electron chi connectivity index (χ4n) is 2.64. The minimum Gasteiger partial charge on any atom is -0.354 e. The molecule has 20 heavy (non-hydrogen) atoms. The molecule has 1 atom stereocenters. The summed E-state index contributed by atoms with van der Waals surface area (Å²) in [4.78, 5) is 7.24. The molecule has 3 nitrogen and oxygen atoms in total. The smallest absolute Gasteiger partial charge is 0.129 e. The second-order valence-electron chi connectivity index (χ2n) is 5.23. The van der Waals surface area contributed by atoms with Crippen molar-refractivity contribution < 1.29 is 0 Å². The molecule has 0 bridgehead atoms. The summed E-state index contributed by atoms with van der Waals surface area (Å²) >= 11 is 0. The molecule has 1 aromatic heterocycles. The molecular formula is C17H25N3. The van der Waals surface area contributed by atoms with E-state index in [1.807, 2.05) is 7.05 Å². The minimum atomic E-state index is 0.510. The van der Waals surface area contributed by atoms with Gasteiger partial charge in [0.05, 0.1) is 5.52 Å². The number of anilines is 1. The number of hydrogen-bond donors (Lipinski definition) is 1. The monoisotopic (exact) mass is 271 g/mol. The van der Waals surface area contributed by atoms with Gasteiger partial charge in [0, 0.05) is 24.5 Å². The highest BCUT2D eigenvalue weighted by atomic mass is 15.2. The number of rotatable bonds is 6. The Morgan fingerprint density at radius 3 is 2.65 bits per heavy atom. The largest absolute Gasteiger partial charge is 0.354 e. The Hall–Kier alpha value is -1.61. The molecule has 108 valence electrons. The molecule has 0 radical (unpaired) electrons. The molecule has 0 aliphatic rings. The van der Waals surface area contributed by atoms with Crippen LogP contribution in [0.5, 0.6) is 0 Å². The molecule has 0 saturated heterocycles. The van der Waals surface area contributed by atoms with E-state index in [0.717, 1.165) is 30.8 Å². The van der Waals surface area contributed by atoms with Crippen LogP contribution in [0.15, 0.2) is 30.3 Å². The van der Waals surface area contributed by atoms with Crippen LogP contribution in [0.4, 0.5) is 5.82 Å². The summed E-state index contributed by atoms with van der Waals surface area (Å²) in [5.41, 5.74) is 2.40. The van der Waals surface area contributed by atoms with Crippen molar-refractivity contribution in [3.05, 3.63) is 35.9 Å². The Bertz CT molecular complexity index is 565. The van der Waals surface area contributed by atoms with Crippen LogP contribution in [0.25, 0.3) is 10.9 Å². The first kappa shape index (κ1) is 14.8. The molecule has 0 saturated carbocycles. The summed E-state index contributed by atoms with van der Waals surface area (Å²) in [7, 11) is 1.99. The normalized spacial score (nSPS) is 12.6. The molecule has 1 N–H and O–H groups in total. The van der Waals surface area contributed by atoms with E-state index in [4.69, 9.17) is 4.98 Å². The van der Waals surface area contributed by atoms with Crippen LogP contribution < -0.4 is 10.2 Å². The van der Waals surface area contributed by atoms with Gasteiger partial charge in [0.1, 0.15) is 5.82 Å². The van der Waals surface area contributed by atoms with Crippen molar-refractivity contribution in [3.8, 4) is 0 Å². The molecule has 0 aliphatic carbocycles. The minimum absolute atomic E-state index is 0.510. The summed E-state index contributed by atoms with van der Waals surface area (Å²) in [6.45, 7) is 8.54. The Balaban J connectivity index is 2.53. The van der Waals surface area contributed by atoms with Crippen LogP contribution in [0.3, 0.4) is 0 Å². The lowest BCUT2D eigenvalue weighted by Gasteiger charge is -2.29. The molecule has 3 heteroatoms. The van der Waals surface area contributed by atoms with Gasteiger partial charge in [0.15, 0.2) is 0 Å². The number of fused-ring (bicyclic) bond motifs is 1. The van der Waals surface area contributed by atoms with Crippen molar-refractivity contribution >= 4 is 16.7 Å². The van der Waals surface area contributed by atoms with Gasteiger partial charge in [0.2, 0.25) is 0 Å². The second kappa shape index (κ2) is 6.71. The SMILES string of the molecule is CCC(C)N(CC)c1cc(CNC)c2ccccc2n1. The standard InChI is InChI=1S/C17H25N3/c1-5-13(3)20(6-2)17-11-14(12-18-4)15-9-7-8-10-16(15)19-17/h7-11,13,18H,5-6,12H2,1-4H3. The third kappa shape index (κ3) is 2.93. The Morgan fingerprint density at radius 2 is 2.00 bits per heavy atom. The van der Waals surface area contributed by atoms with E-state index in [1.54, 1.807) is 0 Å². The molecule has 0 aliphatic heterocycles. The number of nitrogens with zero attached hydrogens (tertiary/aromatic N) is 2. The highest BCUT2D eigenvalue weighted by Crippen LogP contribution is 2.24. The Morgan fingerprint density at radius 1 is 1.25 bits per heavy atom. The summed E-state index contributed by atoms with van der Waals surface area (Å²) in [5, 5.41) is 4.50. The highest BCUT2D eigenvalue weighted by Gasteiger charge is 2.14. The molecule has 1 heterocycles. The first-order valence-corrected chi connectivity index (χ1v) is 7.51. The van der Waals surface area contributed by atoms with Gasteiger partial charge in [-0.1, -0.05) is 25.1 Å². The van der Waals surface area contributed by atoms with Crippen molar-refractivity contribution in [2.75, 3.05) is 18.5 Å². The third-order valence-electron chi connectivity index (χ3n) is 3.91. The molecular weight excluding hydrogens is 246 g/mol. The third-order valence-corrected chi connectivity index (χ3v) is 3.91. The van der Waals surface area contributed by atoms with Crippen molar-refractivity contribution in [2.24, 2.45) is 0 Å². The summed E-state index contributed by atoms with van der Waals surface area (Å²) in [6.07, 6.45) is 1.13. The van der Waals surface area contributed by atoms with Crippen LogP contribution in [0.2, 0.25) is 0 Å². The lowest BCUT2D eigenvalue weighted by Crippen LogP contribution is -2.33. The molecule has 0 amide bonds. The number of pyridine rings is 1. The molecule has 0 spiro atoms. The average Bonchev–Trinajstić information content (AvgIpc) is 2.48. The number of aromatic nitrogens is 1. The fourth-order valence-corrected chi connectivity index (χ4v) is 2.64. The van der Waals surface area contributed by atoms with Gasteiger partial charge in [-0.2, -0.15) is 0 Å². The maximum atomic E-state index is 4.86. The van der Waals surface area contributed by atoms with E-state index < -0.39 is 0 Å². The van der Waals surface area contributed by atoms with Crippen molar-refractivity contribution in [1.82, 2.24) is 10.3 Å². The fraction of sp³-hybridized carbons (Fsp3) is 0.471. The molecule has 0 fully saturated rings. The van der Waals surface area contributed by atoms with Gasteiger partial charge in [-0.25, -0.2) is 4.98 Å². The van der Waals surface area contributed by atoms with Gasteiger partial charge in [-0.05, 0) is 45.0 Å². The van der Waals surface area contributed by atoms with Gasteiger partial charge >= 0.3 is 0 Å². The molecule has 1 aromatic carbocycles. The molecule has 2 rings (SSSR count). The van der Waals surface area contributed by atoms with E-state index in [9.17, 15) is 0 Å². The van der Waals surface area contributed by atoms with E-state index in [2.05, 4.69) is 61.3 Å². The zero-order chi connectivity index (χ0) is 14.5. The predicted molar refractivity (Wildman–Crippen MR) is 87.3 cm³/mol. The maximum Gasteiger partial charge on any atom is 0.129 e. The quantitative estimate of drug-likeness (QED) is 0.870. The zero-order valence-corrected chi connectivity index (χ0v) is 13.0. The first-order chi connectivity index (χ1) is 9.71. The van der Waals surface area contributed by atoms with Gasteiger partial charge in [0.25, 0.3) is 0 Å². The predicted octanol–water partition coefficient (Wildman–Crippen LogP) is 3.58. The lowest BCUT2D eigenvalue weighted by atomic mass is 10.1. The lowest BCUT2D eigenvalue weighted by molar-refractivity contribution is 0.623. The van der Waals surface area contributed by atoms with E-state index in [1.165, 1.54) is 10.9 Å². The molecule has 2 aromatic rings.